The number of morpholine rings is 1. The summed E-state index contributed by atoms with van der Waals surface area (Å²) in [5.41, 5.74) is 0.196. The summed E-state index contributed by atoms with van der Waals surface area (Å²) < 4.78 is 5.55. The Labute approximate surface area is 113 Å². The molecule has 18 heavy (non-hydrogen) atoms. The topological polar surface area (TPSA) is 24.5 Å². The third kappa shape index (κ3) is 5.68. The molecule has 108 valence electrons. The largest absolute Gasteiger partial charge is 0.378 e. The van der Waals surface area contributed by atoms with E-state index in [1.807, 2.05) is 0 Å². The van der Waals surface area contributed by atoms with Crippen LogP contribution in [-0.4, -0.2) is 49.3 Å². The molecule has 1 heterocycles. The van der Waals surface area contributed by atoms with Crippen LogP contribution in [0.5, 0.6) is 0 Å². The zero-order chi connectivity index (χ0) is 13.6. The molecule has 1 rings (SSSR count). The standard InChI is InChI=1S/C15H32N2O/c1-13(2)6-7-14(3)16-8-9-17-10-11-18-12-15(17,4)5/h13-14,16H,6-12H2,1-5H3. The Morgan fingerprint density at radius 3 is 2.56 bits per heavy atom. The van der Waals surface area contributed by atoms with Gasteiger partial charge in [-0.05, 0) is 39.5 Å². The molecule has 1 saturated heterocycles. The van der Waals surface area contributed by atoms with Gasteiger partial charge in [0.05, 0.1) is 13.2 Å². The molecule has 1 aliphatic heterocycles. The van der Waals surface area contributed by atoms with Crippen LogP contribution < -0.4 is 5.32 Å². The van der Waals surface area contributed by atoms with E-state index in [0.717, 1.165) is 38.8 Å². The summed E-state index contributed by atoms with van der Waals surface area (Å²) in [5.74, 6) is 0.812. The first-order valence-corrected chi connectivity index (χ1v) is 7.48. The van der Waals surface area contributed by atoms with E-state index in [1.54, 1.807) is 0 Å². The fraction of sp³-hybridized carbons (Fsp3) is 1.00. The third-order valence-corrected chi connectivity index (χ3v) is 3.87. The first kappa shape index (κ1) is 15.9. The van der Waals surface area contributed by atoms with Crippen molar-refractivity contribution in [2.45, 2.75) is 59.0 Å². The zero-order valence-corrected chi connectivity index (χ0v) is 13.0. The Bertz CT molecular complexity index is 229. The fourth-order valence-electron chi connectivity index (χ4n) is 2.44. The second-order valence-electron chi connectivity index (χ2n) is 6.68. The smallest absolute Gasteiger partial charge is 0.0645 e. The number of hydrogen-bond acceptors (Lipinski definition) is 3. The molecule has 0 amide bonds. The molecule has 1 N–H and O–H groups in total. The van der Waals surface area contributed by atoms with Crippen LogP contribution in [0.1, 0.15) is 47.5 Å². The van der Waals surface area contributed by atoms with Gasteiger partial charge in [-0.2, -0.15) is 0 Å². The number of hydrogen-bond donors (Lipinski definition) is 1. The Balaban J connectivity index is 2.16. The van der Waals surface area contributed by atoms with Gasteiger partial charge in [0, 0.05) is 31.2 Å². The number of rotatable bonds is 7. The molecule has 1 unspecified atom stereocenters. The van der Waals surface area contributed by atoms with E-state index in [0.29, 0.717) is 6.04 Å². The fourth-order valence-corrected chi connectivity index (χ4v) is 2.44. The summed E-state index contributed by atoms with van der Waals surface area (Å²) >= 11 is 0. The Hall–Kier alpha value is -0.120. The lowest BCUT2D eigenvalue weighted by Gasteiger charge is -2.42. The van der Waals surface area contributed by atoms with E-state index in [9.17, 15) is 0 Å². The maximum atomic E-state index is 5.55. The van der Waals surface area contributed by atoms with Gasteiger partial charge in [-0.3, -0.25) is 4.90 Å². The van der Waals surface area contributed by atoms with Crippen molar-refractivity contribution in [2.75, 3.05) is 32.8 Å². The number of nitrogens with one attached hydrogen (secondary N) is 1. The van der Waals surface area contributed by atoms with Gasteiger partial charge in [0.1, 0.15) is 0 Å². The minimum atomic E-state index is 0.196. The van der Waals surface area contributed by atoms with Gasteiger partial charge in [-0.1, -0.05) is 13.8 Å². The quantitative estimate of drug-likeness (QED) is 0.757. The molecule has 3 heteroatoms. The maximum absolute atomic E-state index is 5.55. The lowest BCUT2D eigenvalue weighted by atomic mass is 10.0. The van der Waals surface area contributed by atoms with E-state index in [-0.39, 0.29) is 5.54 Å². The molecule has 1 atom stereocenters. The average molecular weight is 256 g/mol. The first-order valence-electron chi connectivity index (χ1n) is 7.48. The molecular weight excluding hydrogens is 224 g/mol. The number of ether oxygens (including phenoxy) is 1. The van der Waals surface area contributed by atoms with E-state index in [1.165, 1.54) is 12.8 Å². The molecular formula is C15H32N2O. The van der Waals surface area contributed by atoms with Gasteiger partial charge in [-0.15, -0.1) is 0 Å². The molecule has 0 spiro atoms. The van der Waals surface area contributed by atoms with Crippen molar-refractivity contribution in [2.24, 2.45) is 5.92 Å². The molecule has 0 radical (unpaired) electrons. The van der Waals surface area contributed by atoms with Gasteiger partial charge in [-0.25, -0.2) is 0 Å². The van der Waals surface area contributed by atoms with E-state index in [2.05, 4.69) is 44.8 Å². The van der Waals surface area contributed by atoms with Crippen molar-refractivity contribution >= 4 is 0 Å². The van der Waals surface area contributed by atoms with Crippen LogP contribution in [-0.2, 0) is 4.74 Å². The Morgan fingerprint density at radius 1 is 1.22 bits per heavy atom. The van der Waals surface area contributed by atoms with Crippen LogP contribution in [0.15, 0.2) is 0 Å². The molecule has 1 fully saturated rings. The lowest BCUT2D eigenvalue weighted by Crippen LogP contribution is -2.54. The SMILES string of the molecule is CC(C)CCC(C)NCCN1CCOCC1(C)C. The summed E-state index contributed by atoms with van der Waals surface area (Å²) in [6.07, 6.45) is 2.60. The lowest BCUT2D eigenvalue weighted by molar-refractivity contribution is -0.0502. The molecule has 0 aliphatic carbocycles. The van der Waals surface area contributed by atoms with Crippen molar-refractivity contribution in [1.29, 1.82) is 0 Å². The minimum absolute atomic E-state index is 0.196. The molecule has 0 aromatic heterocycles. The molecule has 0 aromatic carbocycles. The Morgan fingerprint density at radius 2 is 1.94 bits per heavy atom. The van der Waals surface area contributed by atoms with E-state index < -0.39 is 0 Å². The minimum Gasteiger partial charge on any atom is -0.378 e. The Kier molecular flexibility index (Phi) is 6.61. The predicted octanol–water partition coefficient (Wildman–Crippen LogP) is 2.51. The van der Waals surface area contributed by atoms with Gasteiger partial charge < -0.3 is 10.1 Å². The van der Waals surface area contributed by atoms with Crippen molar-refractivity contribution in [3.63, 3.8) is 0 Å². The van der Waals surface area contributed by atoms with Gasteiger partial charge in [0.25, 0.3) is 0 Å². The highest BCUT2D eigenvalue weighted by Gasteiger charge is 2.29. The van der Waals surface area contributed by atoms with Gasteiger partial charge in [0.2, 0.25) is 0 Å². The highest BCUT2D eigenvalue weighted by molar-refractivity contribution is 4.84. The normalized spacial score (nSPS) is 22.3. The molecule has 0 saturated carbocycles. The van der Waals surface area contributed by atoms with Crippen LogP contribution in [0.4, 0.5) is 0 Å². The molecule has 1 aliphatic rings. The van der Waals surface area contributed by atoms with Crippen molar-refractivity contribution in [3.05, 3.63) is 0 Å². The summed E-state index contributed by atoms with van der Waals surface area (Å²) in [5, 5.41) is 3.64. The van der Waals surface area contributed by atoms with E-state index in [4.69, 9.17) is 4.74 Å². The summed E-state index contributed by atoms with van der Waals surface area (Å²) in [6.45, 7) is 16.4. The van der Waals surface area contributed by atoms with Crippen LogP contribution in [0.2, 0.25) is 0 Å². The van der Waals surface area contributed by atoms with Crippen LogP contribution in [0.25, 0.3) is 0 Å². The predicted molar refractivity (Wildman–Crippen MR) is 78.0 cm³/mol. The summed E-state index contributed by atoms with van der Waals surface area (Å²) in [7, 11) is 0. The number of nitrogens with zero attached hydrogens (tertiary/aromatic N) is 1. The van der Waals surface area contributed by atoms with Crippen LogP contribution in [0, 0.1) is 5.92 Å². The first-order chi connectivity index (χ1) is 8.42. The molecule has 0 bridgehead atoms. The van der Waals surface area contributed by atoms with Gasteiger partial charge in [0.15, 0.2) is 0 Å². The van der Waals surface area contributed by atoms with Gasteiger partial charge >= 0.3 is 0 Å². The van der Waals surface area contributed by atoms with Crippen LogP contribution >= 0.6 is 0 Å². The average Bonchev–Trinajstić information content (AvgIpc) is 2.28. The second kappa shape index (κ2) is 7.46. The van der Waals surface area contributed by atoms with E-state index >= 15 is 0 Å². The van der Waals surface area contributed by atoms with Crippen molar-refractivity contribution < 1.29 is 4.74 Å². The molecule has 0 aromatic rings. The zero-order valence-electron chi connectivity index (χ0n) is 13.0. The maximum Gasteiger partial charge on any atom is 0.0645 e. The highest BCUT2D eigenvalue weighted by atomic mass is 16.5. The summed E-state index contributed by atoms with van der Waals surface area (Å²) in [6, 6.07) is 0.636. The summed E-state index contributed by atoms with van der Waals surface area (Å²) in [4.78, 5) is 2.54. The van der Waals surface area contributed by atoms with Crippen LogP contribution in [0.3, 0.4) is 0 Å². The monoisotopic (exact) mass is 256 g/mol. The molecule has 3 nitrogen and oxygen atoms in total. The van der Waals surface area contributed by atoms with Crippen molar-refractivity contribution in [3.8, 4) is 0 Å². The van der Waals surface area contributed by atoms with Crippen molar-refractivity contribution in [1.82, 2.24) is 10.2 Å². The highest BCUT2D eigenvalue weighted by Crippen LogP contribution is 2.17. The second-order valence-corrected chi connectivity index (χ2v) is 6.68. The third-order valence-electron chi connectivity index (χ3n) is 3.87.